The molecule has 138 valence electrons. The summed E-state index contributed by atoms with van der Waals surface area (Å²) in [6.07, 6.45) is 4.85. The fourth-order valence-electron chi connectivity index (χ4n) is 2.50. The summed E-state index contributed by atoms with van der Waals surface area (Å²) in [7, 11) is 4.57. The van der Waals surface area contributed by atoms with E-state index in [1.165, 1.54) is 48.2 Å². The summed E-state index contributed by atoms with van der Waals surface area (Å²) in [5.41, 5.74) is 5.37. The number of hydrogen-bond acceptors (Lipinski definition) is 2. The molecule has 0 unspecified atom stereocenters. The second-order valence-corrected chi connectivity index (χ2v) is 5.93. The van der Waals surface area contributed by atoms with E-state index in [4.69, 9.17) is 0 Å². The fourth-order valence-corrected chi connectivity index (χ4v) is 2.50. The van der Waals surface area contributed by atoms with Gasteiger partial charge in [0.15, 0.2) is 0 Å². The maximum atomic E-state index is 4.57. The average Bonchev–Trinajstić information content (AvgIpc) is 3.23. The molecule has 0 bridgehead atoms. The van der Waals surface area contributed by atoms with Crippen molar-refractivity contribution in [3.63, 3.8) is 0 Å². The molecule has 0 radical (unpaired) electrons. The zero-order valence-corrected chi connectivity index (χ0v) is 18.5. The Hall–Kier alpha value is -0.237. The Labute approximate surface area is 168 Å². The fraction of sp³-hybridized carbons (Fsp3) is 0.526. The summed E-state index contributed by atoms with van der Waals surface area (Å²) in [5.74, 6) is 0.653. The molecule has 2 nitrogen and oxygen atoms in total. The van der Waals surface area contributed by atoms with Crippen LogP contribution in [0.25, 0.3) is 0 Å². The van der Waals surface area contributed by atoms with E-state index in [0.29, 0.717) is 5.92 Å². The van der Waals surface area contributed by atoms with E-state index in [9.17, 15) is 0 Å². The van der Waals surface area contributed by atoms with Crippen LogP contribution in [0.5, 0.6) is 0 Å². The number of halogens is 2. The van der Waals surface area contributed by atoms with Gasteiger partial charge in [0.05, 0.1) is 11.4 Å². The quantitative estimate of drug-likeness (QED) is 0.376. The van der Waals surface area contributed by atoms with Crippen molar-refractivity contribution < 1.29 is 17.3 Å². The molecule has 0 spiro atoms. The van der Waals surface area contributed by atoms with Crippen molar-refractivity contribution in [3.05, 3.63) is 42.8 Å². The third-order valence-corrected chi connectivity index (χ3v) is 3.83. The minimum absolute atomic E-state index is 0. The Balaban J connectivity index is 0. The molecular formula is C19H30Cl2N2Ru. The summed E-state index contributed by atoms with van der Waals surface area (Å²) in [6.45, 7) is 8.61. The maximum absolute atomic E-state index is 4.57. The van der Waals surface area contributed by atoms with Gasteiger partial charge in [-0.2, -0.15) is 0 Å². The first-order valence-electron chi connectivity index (χ1n) is 7.94. The molecular weight excluding hydrogens is 428 g/mol. The van der Waals surface area contributed by atoms with Crippen LogP contribution in [0.4, 0.5) is 0 Å². The predicted octanol–water partition coefficient (Wildman–Crippen LogP) is 6.13. The SMILES string of the molecule is C1CN=C(C2=NCCC2)C1.Cc1ccc(C(C)C)cc1.Cl.[CH3-].[Cl][Ru+]. The molecule has 0 N–H and O–H groups in total. The zero-order valence-electron chi connectivity index (χ0n) is 15.2. The molecule has 3 rings (SSSR count). The van der Waals surface area contributed by atoms with Gasteiger partial charge in [-0.15, -0.1) is 12.4 Å². The first-order valence-corrected chi connectivity index (χ1v) is 10.2. The number of benzene rings is 1. The number of hydrogen-bond donors (Lipinski definition) is 0. The van der Waals surface area contributed by atoms with Crippen LogP contribution < -0.4 is 0 Å². The number of nitrogens with zero attached hydrogens (tertiary/aromatic N) is 2. The average molecular weight is 458 g/mol. The Bertz CT molecular complexity index is 475. The minimum atomic E-state index is 0. The molecule has 0 aliphatic carbocycles. The molecule has 0 aromatic heterocycles. The number of rotatable bonds is 2. The summed E-state index contributed by atoms with van der Waals surface area (Å²) in [4.78, 5) is 8.81. The number of aryl methyl sites for hydroxylation is 1. The van der Waals surface area contributed by atoms with Crippen molar-refractivity contribution in [3.8, 4) is 0 Å². The molecule has 0 atom stereocenters. The van der Waals surface area contributed by atoms with E-state index >= 15 is 0 Å². The Morgan fingerprint density at radius 2 is 1.33 bits per heavy atom. The first-order chi connectivity index (χ1) is 10.7. The van der Waals surface area contributed by atoms with Gasteiger partial charge in [0.1, 0.15) is 0 Å². The van der Waals surface area contributed by atoms with Crippen LogP contribution in [-0.4, -0.2) is 24.5 Å². The van der Waals surface area contributed by atoms with Gasteiger partial charge in [0, 0.05) is 13.1 Å². The van der Waals surface area contributed by atoms with Crippen LogP contribution in [0, 0.1) is 14.4 Å². The monoisotopic (exact) mass is 458 g/mol. The van der Waals surface area contributed by atoms with Crippen LogP contribution in [-0.2, 0) is 17.3 Å². The molecule has 2 aliphatic heterocycles. The van der Waals surface area contributed by atoms with E-state index in [-0.39, 0.29) is 19.8 Å². The van der Waals surface area contributed by atoms with Crippen molar-refractivity contribution in [1.29, 1.82) is 0 Å². The van der Waals surface area contributed by atoms with Gasteiger partial charge in [-0.05, 0) is 44.1 Å². The molecule has 2 heterocycles. The first kappa shape index (κ1) is 26.0. The van der Waals surface area contributed by atoms with Gasteiger partial charge < -0.3 is 7.43 Å². The van der Waals surface area contributed by atoms with E-state index in [1.807, 2.05) is 17.3 Å². The topological polar surface area (TPSA) is 24.7 Å². The molecule has 0 saturated carbocycles. The van der Waals surface area contributed by atoms with Crippen LogP contribution in [0.2, 0.25) is 0 Å². The van der Waals surface area contributed by atoms with Gasteiger partial charge in [0.2, 0.25) is 0 Å². The Morgan fingerprint density at radius 1 is 0.917 bits per heavy atom. The molecule has 0 amide bonds. The van der Waals surface area contributed by atoms with Crippen LogP contribution in [0.3, 0.4) is 0 Å². The number of aliphatic imine (C=N–C) groups is 2. The molecule has 2 aliphatic rings. The van der Waals surface area contributed by atoms with Gasteiger partial charge in [-0.3, -0.25) is 9.98 Å². The van der Waals surface area contributed by atoms with Gasteiger partial charge >= 0.3 is 27.0 Å². The van der Waals surface area contributed by atoms with Gasteiger partial charge in [-0.25, -0.2) is 0 Å². The molecule has 1 aromatic carbocycles. The standard InChI is InChI=1S/C10H14.C8H12N2.CH3.2ClH.Ru/c1-8(2)10-6-4-9(3)5-7-10;1-3-7(9-5-1)8-4-2-6-10-8;;;;/h4-8H,1-3H3;1-6H2;1H3;2*1H;/q;;-1;;;+2/p-1. The van der Waals surface area contributed by atoms with Crippen molar-refractivity contribution in [2.24, 2.45) is 9.98 Å². The van der Waals surface area contributed by atoms with Crippen LogP contribution in [0.1, 0.15) is 56.6 Å². The van der Waals surface area contributed by atoms with Crippen molar-refractivity contribution in [2.75, 3.05) is 13.1 Å². The van der Waals surface area contributed by atoms with Gasteiger partial charge in [0.25, 0.3) is 0 Å². The molecule has 0 fully saturated rings. The third kappa shape index (κ3) is 9.30. The van der Waals surface area contributed by atoms with Crippen molar-refractivity contribution in [1.82, 2.24) is 0 Å². The summed E-state index contributed by atoms with van der Waals surface area (Å²) < 4.78 is 0. The Morgan fingerprint density at radius 3 is 1.62 bits per heavy atom. The summed E-state index contributed by atoms with van der Waals surface area (Å²) in [5, 5.41) is 0. The van der Waals surface area contributed by atoms with Gasteiger partial charge in [-0.1, -0.05) is 43.7 Å². The normalized spacial score (nSPS) is 14.9. The zero-order chi connectivity index (χ0) is 16.4. The second-order valence-electron chi connectivity index (χ2n) is 5.93. The molecule has 24 heavy (non-hydrogen) atoms. The summed E-state index contributed by atoms with van der Waals surface area (Å²) >= 11 is 1.82. The van der Waals surface area contributed by atoms with Crippen LogP contribution >= 0.6 is 22.1 Å². The predicted molar refractivity (Wildman–Crippen MR) is 108 cm³/mol. The second kappa shape index (κ2) is 15.1. The Kier molecular flexibility index (Phi) is 16.3. The molecule has 1 aromatic rings. The third-order valence-electron chi connectivity index (χ3n) is 3.83. The molecule has 0 saturated heterocycles. The van der Waals surface area contributed by atoms with E-state index < -0.39 is 0 Å². The molecule has 5 heteroatoms. The van der Waals surface area contributed by atoms with E-state index in [2.05, 4.69) is 64.7 Å². The van der Waals surface area contributed by atoms with Crippen molar-refractivity contribution in [2.45, 2.75) is 52.4 Å². The summed E-state index contributed by atoms with van der Waals surface area (Å²) in [6, 6.07) is 8.71. The van der Waals surface area contributed by atoms with Crippen LogP contribution in [0.15, 0.2) is 34.3 Å². The van der Waals surface area contributed by atoms with Crippen molar-refractivity contribution >= 4 is 33.5 Å². The van der Waals surface area contributed by atoms with E-state index in [1.54, 1.807) is 0 Å². The van der Waals surface area contributed by atoms with E-state index in [0.717, 1.165) is 13.1 Å².